The first-order valence-electron chi connectivity index (χ1n) is 7.81. The fourth-order valence-corrected chi connectivity index (χ4v) is 2.87. The Labute approximate surface area is 149 Å². The molecule has 0 bridgehead atoms. The molecular weight excluding hydrogens is 352 g/mol. The highest BCUT2D eigenvalue weighted by atomic mass is 16.3. The van der Waals surface area contributed by atoms with Crippen LogP contribution >= 0.6 is 0 Å². The third kappa shape index (κ3) is 2.59. The van der Waals surface area contributed by atoms with Gasteiger partial charge in [-0.3, -0.25) is 4.79 Å². The molecule has 0 spiro atoms. The molecule has 0 saturated heterocycles. The van der Waals surface area contributed by atoms with Gasteiger partial charge < -0.3 is 19.6 Å². The summed E-state index contributed by atoms with van der Waals surface area (Å²) in [6.07, 6.45) is 0. The summed E-state index contributed by atoms with van der Waals surface area (Å²) in [5.41, 5.74) is 0.0378. The summed E-state index contributed by atoms with van der Waals surface area (Å²) in [5.74, 6) is -0.311. The van der Waals surface area contributed by atoms with Crippen molar-refractivity contribution in [1.82, 2.24) is 14.5 Å². The number of hydrogen-bond donors (Lipinski definition) is 3. The van der Waals surface area contributed by atoms with Crippen molar-refractivity contribution in [2.45, 2.75) is 0 Å². The molecule has 0 radical (unpaired) electrons. The van der Waals surface area contributed by atoms with Crippen LogP contribution in [0.1, 0.15) is 0 Å². The van der Waals surface area contributed by atoms with E-state index in [0.29, 0.717) is 21.9 Å². The summed E-state index contributed by atoms with van der Waals surface area (Å²) < 4.78 is 1.34. The minimum Gasteiger partial charge on any atom is -0.505 e. The topological polar surface area (TPSA) is 145 Å². The van der Waals surface area contributed by atoms with Gasteiger partial charge in [0.1, 0.15) is 11.4 Å². The predicted octanol–water partition coefficient (Wildman–Crippen LogP) is 3.23. The van der Waals surface area contributed by atoms with Gasteiger partial charge in [-0.15, -0.1) is 15.1 Å². The van der Waals surface area contributed by atoms with Crippen molar-refractivity contribution in [2.75, 3.05) is 0 Å². The summed E-state index contributed by atoms with van der Waals surface area (Å²) in [6, 6.07) is 9.55. The number of pyridine rings is 1. The van der Waals surface area contributed by atoms with Crippen LogP contribution in [-0.2, 0) is 7.05 Å². The molecule has 2 aromatic carbocycles. The van der Waals surface area contributed by atoms with Crippen molar-refractivity contribution < 1.29 is 5.11 Å². The first kappa shape index (κ1) is 16.4. The molecule has 10 nitrogen and oxygen atoms in total. The number of azo groups is 1. The van der Waals surface area contributed by atoms with Crippen molar-refractivity contribution in [3.05, 3.63) is 62.1 Å². The van der Waals surface area contributed by atoms with Crippen LogP contribution in [-0.4, -0.2) is 19.6 Å². The highest BCUT2D eigenvalue weighted by Gasteiger charge is 2.15. The summed E-state index contributed by atoms with van der Waals surface area (Å²) >= 11 is 0. The van der Waals surface area contributed by atoms with Crippen molar-refractivity contribution in [3.63, 3.8) is 0 Å². The number of nitroso groups, excluding NO2 is 1. The van der Waals surface area contributed by atoms with Crippen LogP contribution < -0.4 is 11.2 Å². The molecule has 4 rings (SSSR count). The number of aromatic nitrogens is 3. The number of aromatic amines is 2. The Morgan fingerprint density at radius 3 is 2.37 bits per heavy atom. The molecule has 0 aliphatic rings. The molecule has 0 fully saturated rings. The molecule has 0 saturated carbocycles. The summed E-state index contributed by atoms with van der Waals surface area (Å²) in [6.45, 7) is 0. The maximum atomic E-state index is 12.5. The molecule has 4 aromatic rings. The highest BCUT2D eigenvalue weighted by molar-refractivity contribution is 5.89. The van der Waals surface area contributed by atoms with Gasteiger partial charge in [-0.25, -0.2) is 4.79 Å². The Balaban J connectivity index is 1.91. The smallest absolute Gasteiger partial charge is 0.323 e. The number of para-hydroxylation sites is 1. The van der Waals surface area contributed by atoms with Gasteiger partial charge in [0.2, 0.25) is 0 Å². The second-order valence-corrected chi connectivity index (χ2v) is 5.84. The molecule has 0 aliphatic heterocycles. The summed E-state index contributed by atoms with van der Waals surface area (Å²) in [4.78, 5) is 40.0. The molecule has 134 valence electrons. The van der Waals surface area contributed by atoms with Gasteiger partial charge in [0.15, 0.2) is 11.4 Å². The number of H-pyrrole nitrogens is 2. The Morgan fingerprint density at radius 1 is 1.00 bits per heavy atom. The number of aromatic hydroxyl groups is 1. The molecule has 0 aliphatic carbocycles. The van der Waals surface area contributed by atoms with Crippen LogP contribution in [0.15, 0.2) is 61.4 Å². The number of rotatable bonds is 3. The van der Waals surface area contributed by atoms with Gasteiger partial charge in [-0.1, -0.05) is 12.1 Å². The molecule has 0 atom stereocenters. The normalized spacial score (nSPS) is 11.6. The Bertz CT molecular complexity index is 1360. The zero-order valence-electron chi connectivity index (χ0n) is 13.9. The van der Waals surface area contributed by atoms with E-state index in [2.05, 4.69) is 25.4 Å². The van der Waals surface area contributed by atoms with Gasteiger partial charge >= 0.3 is 5.69 Å². The molecule has 10 heteroatoms. The second kappa shape index (κ2) is 6.02. The van der Waals surface area contributed by atoms with Crippen LogP contribution in [0.4, 0.5) is 17.1 Å². The average Bonchev–Trinajstić information content (AvgIpc) is 3.04. The average molecular weight is 364 g/mol. The summed E-state index contributed by atoms with van der Waals surface area (Å²) in [5, 5.41) is 21.5. The van der Waals surface area contributed by atoms with E-state index in [1.807, 2.05) is 0 Å². The number of imidazole rings is 1. The van der Waals surface area contributed by atoms with Gasteiger partial charge in [0.25, 0.3) is 5.56 Å². The first-order valence-corrected chi connectivity index (χ1v) is 7.81. The minimum atomic E-state index is -0.549. The quantitative estimate of drug-likeness (QED) is 0.378. The van der Waals surface area contributed by atoms with Crippen molar-refractivity contribution in [2.24, 2.45) is 22.5 Å². The lowest BCUT2D eigenvalue weighted by Gasteiger charge is -2.08. The standard InChI is InChI=1S/C17H12N6O4/c1-23-13-5-3-2-4-8(13)15(24)14(16(23)25)21-20-11-6-9-10(7-12(11)22-27)19-17(26)18-9/h2-7,24H,1H3,(H2,18,19,26). The van der Waals surface area contributed by atoms with Crippen LogP contribution in [0, 0.1) is 4.91 Å². The minimum absolute atomic E-state index is 0.0439. The largest absolute Gasteiger partial charge is 0.505 e. The number of aryl methyl sites for hydroxylation is 1. The maximum Gasteiger partial charge on any atom is 0.323 e. The van der Waals surface area contributed by atoms with E-state index in [1.54, 1.807) is 31.3 Å². The SMILES string of the molecule is Cn1c(=O)c(N=Nc2cc3[nH]c(=O)[nH]c3cc2N=O)c(O)c2ccccc21. The van der Waals surface area contributed by atoms with E-state index < -0.39 is 11.2 Å². The molecule has 0 amide bonds. The first-order chi connectivity index (χ1) is 13.0. The Hall–Kier alpha value is -4.08. The van der Waals surface area contributed by atoms with E-state index in [9.17, 15) is 19.6 Å². The van der Waals surface area contributed by atoms with Crippen molar-refractivity contribution in [1.29, 1.82) is 0 Å². The number of nitrogens with one attached hydrogen (secondary N) is 2. The fraction of sp³-hybridized carbons (Fsp3) is 0.0588. The Kier molecular flexibility index (Phi) is 3.65. The van der Waals surface area contributed by atoms with Gasteiger partial charge in [-0.2, -0.15) is 0 Å². The van der Waals surface area contributed by atoms with Gasteiger partial charge in [0, 0.05) is 12.4 Å². The number of fused-ring (bicyclic) bond motifs is 2. The molecule has 2 aromatic heterocycles. The van der Waals surface area contributed by atoms with E-state index in [-0.39, 0.29) is 22.8 Å². The fourth-order valence-electron chi connectivity index (χ4n) is 2.87. The lowest BCUT2D eigenvalue weighted by molar-refractivity contribution is 0.480. The number of hydrogen-bond acceptors (Lipinski definition) is 7. The van der Waals surface area contributed by atoms with Crippen molar-refractivity contribution >= 4 is 39.0 Å². The summed E-state index contributed by atoms with van der Waals surface area (Å²) in [7, 11) is 1.55. The van der Waals surface area contributed by atoms with Crippen LogP contribution in [0.5, 0.6) is 5.75 Å². The van der Waals surface area contributed by atoms with Crippen LogP contribution in [0.3, 0.4) is 0 Å². The third-order valence-corrected chi connectivity index (χ3v) is 4.22. The molecule has 0 unspecified atom stereocenters. The van der Waals surface area contributed by atoms with E-state index in [1.165, 1.54) is 16.7 Å². The monoisotopic (exact) mass is 364 g/mol. The van der Waals surface area contributed by atoms with Crippen LogP contribution in [0.25, 0.3) is 21.9 Å². The van der Waals surface area contributed by atoms with Gasteiger partial charge in [0.05, 0.1) is 16.6 Å². The van der Waals surface area contributed by atoms with Crippen molar-refractivity contribution in [3.8, 4) is 5.75 Å². The molecule has 3 N–H and O–H groups in total. The zero-order valence-corrected chi connectivity index (χ0v) is 13.9. The molecule has 2 heterocycles. The lowest BCUT2D eigenvalue weighted by atomic mass is 10.2. The van der Waals surface area contributed by atoms with Gasteiger partial charge in [-0.05, 0) is 29.4 Å². The molecule has 27 heavy (non-hydrogen) atoms. The molecular formula is C17H12N6O4. The lowest BCUT2D eigenvalue weighted by Crippen LogP contribution is -2.16. The second-order valence-electron chi connectivity index (χ2n) is 5.84. The number of benzene rings is 2. The predicted molar refractivity (Wildman–Crippen MR) is 99.4 cm³/mol. The van der Waals surface area contributed by atoms with E-state index >= 15 is 0 Å². The third-order valence-electron chi connectivity index (χ3n) is 4.22. The van der Waals surface area contributed by atoms with E-state index in [0.717, 1.165) is 0 Å². The number of nitrogens with zero attached hydrogens (tertiary/aromatic N) is 4. The maximum absolute atomic E-state index is 12.5. The van der Waals surface area contributed by atoms with E-state index in [4.69, 9.17) is 0 Å². The highest BCUT2D eigenvalue weighted by Crippen LogP contribution is 2.35. The zero-order chi connectivity index (χ0) is 19.1. The van der Waals surface area contributed by atoms with Crippen LogP contribution in [0.2, 0.25) is 0 Å². The Morgan fingerprint density at radius 2 is 1.67 bits per heavy atom.